The van der Waals surface area contributed by atoms with Crippen molar-refractivity contribution in [2.75, 3.05) is 6.61 Å². The number of rotatable bonds is 1. The Morgan fingerprint density at radius 3 is 2.72 bits per heavy atom. The molecule has 5 rings (SSSR count). The zero-order chi connectivity index (χ0) is 16.9. The van der Waals surface area contributed by atoms with Gasteiger partial charge in [-0.05, 0) is 17.7 Å². The number of para-hydroxylation sites is 1. The molecule has 2 aliphatic heterocycles. The van der Waals surface area contributed by atoms with Crippen LogP contribution >= 0.6 is 0 Å². The van der Waals surface area contributed by atoms with Gasteiger partial charge in [-0.2, -0.15) is 0 Å². The van der Waals surface area contributed by atoms with Crippen LogP contribution < -0.4 is 10.5 Å². The molecule has 0 saturated heterocycles. The maximum absolute atomic E-state index is 6.04. The first-order valence-corrected chi connectivity index (χ1v) is 7.78. The summed E-state index contributed by atoms with van der Waals surface area (Å²) in [4.78, 5) is 17.3. The predicted octanol–water partition coefficient (Wildman–Crippen LogP) is 2.23. The van der Waals surface area contributed by atoms with E-state index < -0.39 is 5.54 Å². The third-order valence-electron chi connectivity index (χ3n) is 4.47. The number of ether oxygens (including phenoxy) is 2. The Labute approximate surface area is 143 Å². The molecule has 2 N–H and O–H groups in total. The molecule has 2 aromatic heterocycles. The van der Waals surface area contributed by atoms with Crippen LogP contribution in [0, 0.1) is 0 Å². The van der Waals surface area contributed by atoms with E-state index in [1.165, 1.54) is 6.33 Å². The number of aliphatic imine (C=N–C) groups is 1. The number of nitrogens with two attached hydrogens (primary N) is 1. The summed E-state index contributed by atoms with van der Waals surface area (Å²) in [6.07, 6.45) is 6.69. The van der Waals surface area contributed by atoms with Crippen LogP contribution in [0.15, 0.2) is 60.2 Å². The Balaban J connectivity index is 1.85. The summed E-state index contributed by atoms with van der Waals surface area (Å²) in [5.74, 6) is 1.19. The summed E-state index contributed by atoms with van der Waals surface area (Å²) >= 11 is 0. The molecule has 7 nitrogen and oxygen atoms in total. The van der Waals surface area contributed by atoms with Crippen LogP contribution in [-0.2, 0) is 10.3 Å². The first-order chi connectivity index (χ1) is 12.3. The molecule has 0 saturated carbocycles. The van der Waals surface area contributed by atoms with Gasteiger partial charge in [0.1, 0.15) is 18.7 Å². The first kappa shape index (κ1) is 13.9. The second kappa shape index (κ2) is 5.01. The van der Waals surface area contributed by atoms with Crippen molar-refractivity contribution >= 4 is 6.02 Å². The summed E-state index contributed by atoms with van der Waals surface area (Å²) < 4.78 is 11.6. The van der Waals surface area contributed by atoms with E-state index in [4.69, 9.17) is 15.2 Å². The van der Waals surface area contributed by atoms with Gasteiger partial charge in [0.15, 0.2) is 5.54 Å². The van der Waals surface area contributed by atoms with E-state index in [0.29, 0.717) is 18.2 Å². The number of aromatic nitrogens is 3. The van der Waals surface area contributed by atoms with Crippen molar-refractivity contribution in [3.63, 3.8) is 0 Å². The van der Waals surface area contributed by atoms with Crippen LogP contribution in [0.5, 0.6) is 11.6 Å². The number of fused-ring (bicyclic) bond motifs is 4. The maximum Gasteiger partial charge on any atom is 0.283 e. The highest BCUT2D eigenvalue weighted by atomic mass is 16.5. The second-order valence-corrected chi connectivity index (χ2v) is 5.86. The summed E-state index contributed by atoms with van der Waals surface area (Å²) in [6.45, 7) is 0.290. The molecule has 122 valence electrons. The van der Waals surface area contributed by atoms with Gasteiger partial charge in [-0.25, -0.2) is 19.9 Å². The fourth-order valence-electron chi connectivity index (χ4n) is 3.43. The number of amidine groups is 1. The van der Waals surface area contributed by atoms with Gasteiger partial charge in [0.25, 0.3) is 6.02 Å². The van der Waals surface area contributed by atoms with Crippen molar-refractivity contribution in [3.05, 3.63) is 66.4 Å². The fraction of sp³-hybridized carbons (Fsp3) is 0.111. The molecule has 0 aliphatic carbocycles. The Kier molecular flexibility index (Phi) is 2.79. The van der Waals surface area contributed by atoms with Gasteiger partial charge in [0, 0.05) is 29.7 Å². The SMILES string of the molecule is NC1=NC2(CO1)c1ccccc1Oc1nccc(-c3cncnc3)c12. The average Bonchev–Trinajstić information content (AvgIpc) is 3.04. The third kappa shape index (κ3) is 1.92. The highest BCUT2D eigenvalue weighted by Gasteiger charge is 2.48. The number of benzene rings is 1. The third-order valence-corrected chi connectivity index (χ3v) is 4.47. The van der Waals surface area contributed by atoms with Gasteiger partial charge >= 0.3 is 0 Å². The van der Waals surface area contributed by atoms with Crippen LogP contribution in [-0.4, -0.2) is 27.6 Å². The van der Waals surface area contributed by atoms with Gasteiger partial charge in [-0.15, -0.1) is 0 Å². The van der Waals surface area contributed by atoms with Crippen molar-refractivity contribution < 1.29 is 9.47 Å². The van der Waals surface area contributed by atoms with Gasteiger partial charge in [-0.1, -0.05) is 18.2 Å². The van der Waals surface area contributed by atoms with Crippen molar-refractivity contribution in [2.24, 2.45) is 10.7 Å². The number of hydrogen-bond donors (Lipinski definition) is 1. The summed E-state index contributed by atoms with van der Waals surface area (Å²) in [7, 11) is 0. The van der Waals surface area contributed by atoms with Gasteiger partial charge in [0.2, 0.25) is 5.88 Å². The van der Waals surface area contributed by atoms with E-state index in [1.54, 1.807) is 18.6 Å². The quantitative estimate of drug-likeness (QED) is 0.734. The van der Waals surface area contributed by atoms with Crippen LogP contribution in [0.2, 0.25) is 0 Å². The molecule has 2 aliphatic rings. The lowest BCUT2D eigenvalue weighted by atomic mass is 9.79. The average molecular weight is 331 g/mol. The highest BCUT2D eigenvalue weighted by molar-refractivity contribution is 5.80. The van der Waals surface area contributed by atoms with Gasteiger partial charge in [0.05, 0.1) is 5.56 Å². The maximum atomic E-state index is 6.04. The minimum absolute atomic E-state index is 0.154. The molecule has 1 atom stereocenters. The molecular formula is C18H13N5O2. The molecule has 1 unspecified atom stereocenters. The lowest BCUT2D eigenvalue weighted by molar-refractivity contribution is 0.263. The molecule has 25 heavy (non-hydrogen) atoms. The van der Waals surface area contributed by atoms with Crippen LogP contribution in [0.4, 0.5) is 0 Å². The van der Waals surface area contributed by atoms with Gasteiger partial charge < -0.3 is 15.2 Å². The lowest BCUT2D eigenvalue weighted by Gasteiger charge is -2.34. The Morgan fingerprint density at radius 1 is 1.08 bits per heavy atom. The van der Waals surface area contributed by atoms with E-state index in [2.05, 4.69) is 19.9 Å². The van der Waals surface area contributed by atoms with Crippen molar-refractivity contribution in [1.82, 2.24) is 15.0 Å². The Hall–Kier alpha value is -3.48. The molecule has 4 heterocycles. The Morgan fingerprint density at radius 2 is 1.92 bits per heavy atom. The van der Waals surface area contributed by atoms with Gasteiger partial charge in [-0.3, -0.25) is 0 Å². The predicted molar refractivity (Wildman–Crippen MR) is 90.1 cm³/mol. The molecular weight excluding hydrogens is 318 g/mol. The number of hydrogen-bond acceptors (Lipinski definition) is 7. The number of nitrogens with zero attached hydrogens (tertiary/aromatic N) is 4. The first-order valence-electron chi connectivity index (χ1n) is 7.78. The summed E-state index contributed by atoms with van der Waals surface area (Å²) in [5.41, 5.74) is 8.54. The molecule has 3 aromatic rings. The molecule has 0 bridgehead atoms. The molecule has 0 fully saturated rings. The highest BCUT2D eigenvalue weighted by Crippen LogP contribution is 2.52. The molecule has 0 amide bonds. The van der Waals surface area contributed by atoms with E-state index >= 15 is 0 Å². The van der Waals surface area contributed by atoms with E-state index in [0.717, 1.165) is 22.3 Å². The minimum Gasteiger partial charge on any atom is -0.462 e. The van der Waals surface area contributed by atoms with Crippen molar-refractivity contribution in [3.8, 4) is 22.8 Å². The lowest BCUT2D eigenvalue weighted by Crippen LogP contribution is -2.32. The van der Waals surface area contributed by atoms with Crippen molar-refractivity contribution in [1.29, 1.82) is 0 Å². The number of pyridine rings is 1. The summed E-state index contributed by atoms with van der Waals surface area (Å²) in [6, 6.07) is 9.78. The van der Waals surface area contributed by atoms with Crippen molar-refractivity contribution in [2.45, 2.75) is 5.54 Å². The molecule has 1 spiro atoms. The molecule has 1 aromatic carbocycles. The second-order valence-electron chi connectivity index (χ2n) is 5.86. The van der Waals surface area contributed by atoms with Crippen LogP contribution in [0.3, 0.4) is 0 Å². The zero-order valence-electron chi connectivity index (χ0n) is 13.1. The minimum atomic E-state index is -0.798. The normalized spacial score (nSPS) is 20.2. The van der Waals surface area contributed by atoms with E-state index in [1.807, 2.05) is 30.3 Å². The van der Waals surface area contributed by atoms with Crippen LogP contribution in [0.25, 0.3) is 11.1 Å². The van der Waals surface area contributed by atoms with Crippen LogP contribution in [0.1, 0.15) is 11.1 Å². The Bertz CT molecular complexity index is 1010. The standard InChI is InChI=1S/C18H13N5O2/c19-17-23-18(9-24-17)13-3-1-2-4-14(13)25-16-15(18)12(5-6-22-16)11-7-20-10-21-8-11/h1-8,10H,9H2,(H2,19,23). The molecule has 7 heteroatoms. The zero-order valence-corrected chi connectivity index (χ0v) is 13.1. The van der Waals surface area contributed by atoms with E-state index in [9.17, 15) is 0 Å². The topological polar surface area (TPSA) is 95.5 Å². The fourth-order valence-corrected chi connectivity index (χ4v) is 3.43. The monoisotopic (exact) mass is 331 g/mol. The smallest absolute Gasteiger partial charge is 0.283 e. The largest absolute Gasteiger partial charge is 0.462 e. The molecule has 0 radical (unpaired) electrons. The summed E-state index contributed by atoms with van der Waals surface area (Å²) in [5, 5.41) is 0. The van der Waals surface area contributed by atoms with E-state index in [-0.39, 0.29) is 6.02 Å².